The first-order valence-corrected chi connectivity index (χ1v) is 6.57. The van der Waals surface area contributed by atoms with Crippen molar-refractivity contribution in [2.24, 2.45) is 5.73 Å². The standard InChI is InChI=1S/C14H19N3O3/c1-20-12-4-2-11(3-5-12)14(19)17-8-6-16(7-9-17)13(18)10-15/h2-5H,6-10,15H2,1H3. The lowest BCUT2D eigenvalue weighted by Gasteiger charge is -2.34. The Kier molecular flexibility index (Phi) is 4.57. The predicted molar refractivity (Wildman–Crippen MR) is 74.5 cm³/mol. The van der Waals surface area contributed by atoms with Gasteiger partial charge in [0.25, 0.3) is 5.91 Å². The molecule has 0 spiro atoms. The Morgan fingerprint density at radius 1 is 1.10 bits per heavy atom. The van der Waals surface area contributed by atoms with Gasteiger partial charge >= 0.3 is 0 Å². The highest BCUT2D eigenvalue weighted by molar-refractivity contribution is 5.94. The molecule has 20 heavy (non-hydrogen) atoms. The van der Waals surface area contributed by atoms with Crippen molar-refractivity contribution in [1.82, 2.24) is 9.80 Å². The van der Waals surface area contributed by atoms with Crippen LogP contribution in [0.15, 0.2) is 24.3 Å². The van der Waals surface area contributed by atoms with Crippen LogP contribution in [0.2, 0.25) is 0 Å². The summed E-state index contributed by atoms with van der Waals surface area (Å²) in [6, 6.07) is 7.03. The van der Waals surface area contributed by atoms with Gasteiger partial charge in [0.05, 0.1) is 13.7 Å². The van der Waals surface area contributed by atoms with Gasteiger partial charge in [0.2, 0.25) is 5.91 Å². The largest absolute Gasteiger partial charge is 0.497 e. The summed E-state index contributed by atoms with van der Waals surface area (Å²) >= 11 is 0. The summed E-state index contributed by atoms with van der Waals surface area (Å²) in [6.07, 6.45) is 0. The van der Waals surface area contributed by atoms with Gasteiger partial charge < -0.3 is 20.3 Å². The number of hydrogen-bond acceptors (Lipinski definition) is 4. The Balaban J connectivity index is 1.95. The molecule has 6 heteroatoms. The highest BCUT2D eigenvalue weighted by Gasteiger charge is 2.24. The van der Waals surface area contributed by atoms with Crippen molar-refractivity contribution < 1.29 is 14.3 Å². The van der Waals surface area contributed by atoms with Gasteiger partial charge in [-0.3, -0.25) is 9.59 Å². The van der Waals surface area contributed by atoms with Crippen LogP contribution >= 0.6 is 0 Å². The van der Waals surface area contributed by atoms with Crippen LogP contribution < -0.4 is 10.5 Å². The molecular formula is C14H19N3O3. The maximum atomic E-state index is 12.3. The van der Waals surface area contributed by atoms with E-state index in [1.54, 1.807) is 41.2 Å². The molecule has 0 aliphatic carbocycles. The molecule has 0 saturated carbocycles. The zero-order valence-corrected chi connectivity index (χ0v) is 11.5. The minimum Gasteiger partial charge on any atom is -0.497 e. The molecule has 0 radical (unpaired) electrons. The molecular weight excluding hydrogens is 258 g/mol. The average Bonchev–Trinajstić information content (AvgIpc) is 2.53. The van der Waals surface area contributed by atoms with Gasteiger partial charge in [0.1, 0.15) is 5.75 Å². The molecule has 2 N–H and O–H groups in total. The number of nitrogens with two attached hydrogens (primary N) is 1. The molecule has 6 nitrogen and oxygen atoms in total. The van der Waals surface area contributed by atoms with Crippen molar-refractivity contribution >= 4 is 11.8 Å². The number of hydrogen-bond donors (Lipinski definition) is 1. The number of nitrogens with zero attached hydrogens (tertiary/aromatic N) is 2. The maximum Gasteiger partial charge on any atom is 0.253 e. The summed E-state index contributed by atoms with van der Waals surface area (Å²) < 4.78 is 5.07. The number of benzene rings is 1. The lowest BCUT2D eigenvalue weighted by molar-refractivity contribution is -0.131. The summed E-state index contributed by atoms with van der Waals surface area (Å²) in [4.78, 5) is 27.2. The van der Waals surface area contributed by atoms with Gasteiger partial charge in [0.15, 0.2) is 0 Å². The summed E-state index contributed by atoms with van der Waals surface area (Å²) in [5, 5.41) is 0. The SMILES string of the molecule is COc1ccc(C(=O)N2CCN(C(=O)CN)CC2)cc1. The zero-order chi connectivity index (χ0) is 14.5. The van der Waals surface area contributed by atoms with Crippen LogP contribution in [0.3, 0.4) is 0 Å². The topological polar surface area (TPSA) is 75.9 Å². The third kappa shape index (κ3) is 3.08. The van der Waals surface area contributed by atoms with E-state index >= 15 is 0 Å². The van der Waals surface area contributed by atoms with E-state index in [0.29, 0.717) is 31.7 Å². The fourth-order valence-corrected chi connectivity index (χ4v) is 2.20. The minimum absolute atomic E-state index is 0.0203. The van der Waals surface area contributed by atoms with E-state index in [4.69, 9.17) is 10.5 Å². The summed E-state index contributed by atoms with van der Waals surface area (Å²) in [5.74, 6) is 0.633. The van der Waals surface area contributed by atoms with Crippen LogP contribution in [0.25, 0.3) is 0 Å². The predicted octanol–water partition coefficient (Wildman–Crippen LogP) is -0.0617. The van der Waals surface area contributed by atoms with E-state index in [9.17, 15) is 9.59 Å². The molecule has 1 heterocycles. The Hall–Kier alpha value is -2.08. The zero-order valence-electron chi connectivity index (χ0n) is 11.5. The fourth-order valence-electron chi connectivity index (χ4n) is 2.20. The fraction of sp³-hybridized carbons (Fsp3) is 0.429. The van der Waals surface area contributed by atoms with E-state index in [1.165, 1.54) is 0 Å². The number of carbonyl (C=O) groups excluding carboxylic acids is 2. The Morgan fingerprint density at radius 2 is 1.65 bits per heavy atom. The number of rotatable bonds is 3. The van der Waals surface area contributed by atoms with Crippen LogP contribution in [-0.4, -0.2) is 61.4 Å². The monoisotopic (exact) mass is 277 g/mol. The first-order chi connectivity index (χ1) is 9.65. The summed E-state index contributed by atoms with van der Waals surface area (Å²) in [6.45, 7) is 2.18. The van der Waals surface area contributed by atoms with Crippen molar-refractivity contribution in [2.75, 3.05) is 39.8 Å². The van der Waals surface area contributed by atoms with Gasteiger partial charge in [-0.1, -0.05) is 0 Å². The highest BCUT2D eigenvalue weighted by atomic mass is 16.5. The van der Waals surface area contributed by atoms with E-state index in [2.05, 4.69) is 0 Å². The number of methoxy groups -OCH3 is 1. The highest BCUT2D eigenvalue weighted by Crippen LogP contribution is 2.14. The van der Waals surface area contributed by atoms with E-state index in [1.807, 2.05) is 0 Å². The van der Waals surface area contributed by atoms with Crippen molar-refractivity contribution in [3.05, 3.63) is 29.8 Å². The molecule has 0 unspecified atom stereocenters. The van der Waals surface area contributed by atoms with Crippen LogP contribution in [0.1, 0.15) is 10.4 Å². The maximum absolute atomic E-state index is 12.3. The lowest BCUT2D eigenvalue weighted by atomic mass is 10.1. The molecule has 1 saturated heterocycles. The number of carbonyl (C=O) groups is 2. The molecule has 1 aromatic rings. The molecule has 2 amide bonds. The lowest BCUT2D eigenvalue weighted by Crippen LogP contribution is -2.51. The van der Waals surface area contributed by atoms with Crippen molar-refractivity contribution in [2.45, 2.75) is 0 Å². The molecule has 1 aliphatic heterocycles. The second-order valence-corrected chi connectivity index (χ2v) is 4.61. The quantitative estimate of drug-likeness (QED) is 0.839. The Morgan fingerprint density at radius 3 is 2.15 bits per heavy atom. The van der Waals surface area contributed by atoms with Gasteiger partial charge in [-0.05, 0) is 24.3 Å². The molecule has 1 aliphatic rings. The van der Waals surface area contributed by atoms with Crippen molar-refractivity contribution in [1.29, 1.82) is 0 Å². The van der Waals surface area contributed by atoms with Crippen LogP contribution in [0.5, 0.6) is 5.75 Å². The number of ether oxygens (including phenoxy) is 1. The molecule has 0 aromatic heterocycles. The second-order valence-electron chi connectivity index (χ2n) is 4.61. The van der Waals surface area contributed by atoms with Gasteiger partial charge in [0, 0.05) is 31.7 Å². The van der Waals surface area contributed by atoms with Crippen LogP contribution in [0, 0.1) is 0 Å². The van der Waals surface area contributed by atoms with E-state index in [-0.39, 0.29) is 18.4 Å². The summed E-state index contributed by atoms with van der Waals surface area (Å²) in [7, 11) is 1.59. The molecule has 0 atom stereocenters. The minimum atomic E-state index is -0.0680. The Labute approximate surface area is 118 Å². The molecule has 1 aromatic carbocycles. The molecule has 2 rings (SSSR count). The number of piperazine rings is 1. The van der Waals surface area contributed by atoms with Crippen molar-refractivity contribution in [3.8, 4) is 5.75 Å². The third-order valence-electron chi connectivity index (χ3n) is 3.43. The normalized spacial score (nSPS) is 15.1. The molecule has 1 fully saturated rings. The van der Waals surface area contributed by atoms with E-state index < -0.39 is 0 Å². The Bertz CT molecular complexity index is 479. The number of amides is 2. The van der Waals surface area contributed by atoms with Gasteiger partial charge in [-0.2, -0.15) is 0 Å². The average molecular weight is 277 g/mol. The van der Waals surface area contributed by atoms with Crippen LogP contribution in [-0.2, 0) is 4.79 Å². The molecule has 108 valence electrons. The van der Waals surface area contributed by atoms with E-state index in [0.717, 1.165) is 5.75 Å². The molecule has 0 bridgehead atoms. The summed E-state index contributed by atoms with van der Waals surface area (Å²) in [5.41, 5.74) is 5.96. The van der Waals surface area contributed by atoms with Gasteiger partial charge in [-0.25, -0.2) is 0 Å². The van der Waals surface area contributed by atoms with Gasteiger partial charge in [-0.15, -0.1) is 0 Å². The third-order valence-corrected chi connectivity index (χ3v) is 3.43. The first kappa shape index (κ1) is 14.3. The smallest absolute Gasteiger partial charge is 0.253 e. The first-order valence-electron chi connectivity index (χ1n) is 6.57. The second kappa shape index (κ2) is 6.38. The van der Waals surface area contributed by atoms with Crippen LogP contribution in [0.4, 0.5) is 0 Å². The van der Waals surface area contributed by atoms with Crippen molar-refractivity contribution in [3.63, 3.8) is 0 Å².